The molecule has 0 aliphatic heterocycles. The molecule has 0 aliphatic carbocycles. The van der Waals surface area contributed by atoms with Crippen molar-refractivity contribution in [2.24, 2.45) is 0 Å². The van der Waals surface area contributed by atoms with Crippen LogP contribution in [0.1, 0.15) is 0 Å². The molecule has 50 valence electrons. The molecule has 0 spiro atoms. The van der Waals surface area contributed by atoms with E-state index < -0.39 is 5.34 Å². The maximum absolute atomic E-state index is 10.2. The second kappa shape index (κ2) is 3.72. The molecule has 0 saturated heterocycles. The normalized spacial score (nSPS) is 18.0. The monoisotopic (exact) mass is 122 g/mol. The van der Waals surface area contributed by atoms with Crippen LogP contribution in [0.2, 0.25) is 0 Å². The molecule has 0 fully saturated rings. The number of hydrogen-bond donors (Lipinski definition) is 3. The maximum Gasteiger partial charge on any atom is 0.103 e. The highest BCUT2D eigenvalue weighted by Crippen LogP contribution is 1.25. The van der Waals surface area contributed by atoms with Crippen molar-refractivity contribution in [1.29, 1.82) is 0 Å². The van der Waals surface area contributed by atoms with Crippen LogP contribution >= 0.6 is 0 Å². The van der Waals surface area contributed by atoms with Gasteiger partial charge in [-0.2, -0.15) is 4.84 Å². The van der Waals surface area contributed by atoms with Crippen molar-refractivity contribution in [1.82, 2.24) is 5.43 Å². The van der Waals surface area contributed by atoms with Crippen molar-refractivity contribution in [3.63, 3.8) is 0 Å². The summed E-state index contributed by atoms with van der Waals surface area (Å²) in [5.74, 6) is 6.76. The first-order valence-corrected chi connectivity index (χ1v) is 2.07. The molecule has 0 aliphatic rings. The van der Waals surface area contributed by atoms with Crippen LogP contribution in [0.5, 0.6) is 0 Å². The lowest BCUT2D eigenvalue weighted by Gasteiger charge is -2.26. The molecule has 6 heteroatoms. The standard InChI is InChI=1S/C2H10N4O2/c1-4-5(3)6(7)8-2/h3-6H,1-2H3. The predicted molar refractivity (Wildman–Crippen MR) is 25.7 cm³/mol. The Hall–Kier alpha value is -0.240. The van der Waals surface area contributed by atoms with Crippen LogP contribution in [0.15, 0.2) is 0 Å². The molecule has 4 N–H and O–H groups in total. The number of quaternary nitrogens is 2. The fraction of sp³-hybridized carbons (Fsp3) is 1.00. The summed E-state index contributed by atoms with van der Waals surface area (Å²) in [7, 11) is 2.72. The Morgan fingerprint density at radius 3 is 2.38 bits per heavy atom. The van der Waals surface area contributed by atoms with Crippen LogP contribution in [0.4, 0.5) is 0 Å². The van der Waals surface area contributed by atoms with Gasteiger partial charge in [-0.25, -0.2) is 0 Å². The van der Waals surface area contributed by atoms with Gasteiger partial charge in [0.25, 0.3) is 0 Å². The summed E-state index contributed by atoms with van der Waals surface area (Å²) in [6, 6.07) is 0. The smallest absolute Gasteiger partial charge is 0.103 e. The zero-order chi connectivity index (χ0) is 6.57. The van der Waals surface area contributed by atoms with Crippen molar-refractivity contribution in [3.05, 3.63) is 11.0 Å². The molecule has 0 rings (SSSR count). The zero-order valence-corrected chi connectivity index (χ0v) is 4.82. The largest absolute Gasteiger partial charge is 0.548 e. The van der Waals surface area contributed by atoms with Crippen molar-refractivity contribution < 1.29 is 15.4 Å². The molecule has 0 aromatic rings. The van der Waals surface area contributed by atoms with E-state index in [0.717, 1.165) is 0 Å². The minimum absolute atomic E-state index is 0.229. The Bertz CT molecular complexity index is 52.0. The third-order valence-corrected chi connectivity index (χ3v) is 0.640. The third-order valence-electron chi connectivity index (χ3n) is 0.640. The SMILES string of the molecule is CN[NH+]([NH-])[NH+]([O-])OC. The van der Waals surface area contributed by atoms with Gasteiger partial charge in [-0.15, -0.1) is 10.7 Å². The van der Waals surface area contributed by atoms with Gasteiger partial charge in [-0.1, -0.05) is 5.34 Å². The minimum Gasteiger partial charge on any atom is -0.548 e. The van der Waals surface area contributed by atoms with E-state index in [-0.39, 0.29) is 5.23 Å². The number of rotatable bonds is 3. The summed E-state index contributed by atoms with van der Waals surface area (Å²) in [4.78, 5) is 4.18. The molecule has 0 bridgehead atoms. The first-order valence-electron chi connectivity index (χ1n) is 2.07. The lowest BCUT2D eigenvalue weighted by molar-refractivity contribution is -1.56. The maximum atomic E-state index is 10.2. The summed E-state index contributed by atoms with van der Waals surface area (Å²) in [6.45, 7) is 0. The number of nitrogens with one attached hydrogen (secondary N) is 4. The van der Waals surface area contributed by atoms with E-state index in [0.29, 0.717) is 0 Å². The molecule has 0 aromatic heterocycles. The van der Waals surface area contributed by atoms with E-state index in [4.69, 9.17) is 5.84 Å². The van der Waals surface area contributed by atoms with Gasteiger partial charge in [-0.3, -0.25) is 0 Å². The quantitative estimate of drug-likeness (QED) is 0.346. The van der Waals surface area contributed by atoms with Gasteiger partial charge in [0.15, 0.2) is 0 Å². The highest BCUT2D eigenvalue weighted by Gasteiger charge is 1.95. The van der Waals surface area contributed by atoms with Crippen LogP contribution in [0.25, 0.3) is 5.84 Å². The topological polar surface area (TPSA) is 77.0 Å². The average Bonchev–Trinajstić information content (AvgIpc) is 1.84. The van der Waals surface area contributed by atoms with Gasteiger partial charge in [0.05, 0.1) is 0 Å². The summed E-state index contributed by atoms with van der Waals surface area (Å²) in [5.41, 5.74) is 2.32. The Labute approximate surface area is 47.2 Å². The van der Waals surface area contributed by atoms with Crippen LogP contribution in [-0.4, -0.2) is 14.2 Å². The van der Waals surface area contributed by atoms with Crippen molar-refractivity contribution in [2.45, 2.75) is 0 Å². The van der Waals surface area contributed by atoms with Gasteiger partial charge in [0.2, 0.25) is 0 Å². The van der Waals surface area contributed by atoms with E-state index in [1.165, 1.54) is 14.2 Å². The third kappa shape index (κ3) is 2.17. The molecular formula is C2H10N4O2. The summed E-state index contributed by atoms with van der Waals surface area (Å²) in [6.07, 6.45) is 0. The number of hydrogen-bond acceptors (Lipinski definition) is 3. The lowest BCUT2D eigenvalue weighted by atomic mass is 11.5. The predicted octanol–water partition coefficient (Wildman–Crippen LogP) is -3.17. The van der Waals surface area contributed by atoms with Crippen molar-refractivity contribution in [3.8, 4) is 0 Å². The summed E-state index contributed by atoms with van der Waals surface area (Å²) >= 11 is 0. The molecule has 2 atom stereocenters. The molecule has 0 saturated carbocycles. The van der Waals surface area contributed by atoms with Gasteiger partial charge >= 0.3 is 0 Å². The van der Waals surface area contributed by atoms with Crippen LogP contribution in [0, 0.1) is 5.21 Å². The summed E-state index contributed by atoms with van der Waals surface area (Å²) < 4.78 is 0. The van der Waals surface area contributed by atoms with E-state index in [9.17, 15) is 5.21 Å². The first kappa shape index (κ1) is 7.76. The molecule has 8 heavy (non-hydrogen) atoms. The van der Waals surface area contributed by atoms with Crippen molar-refractivity contribution >= 4 is 0 Å². The van der Waals surface area contributed by atoms with E-state index in [1.807, 2.05) is 0 Å². The van der Waals surface area contributed by atoms with Crippen LogP contribution in [0.3, 0.4) is 0 Å². The van der Waals surface area contributed by atoms with Crippen LogP contribution < -0.4 is 16.0 Å². The Balaban J connectivity index is 3.29. The fourth-order valence-electron chi connectivity index (χ4n) is 0.204. The molecule has 0 aromatic carbocycles. The van der Waals surface area contributed by atoms with Gasteiger partial charge < -0.3 is 11.0 Å². The van der Waals surface area contributed by atoms with E-state index in [2.05, 4.69) is 10.3 Å². The zero-order valence-electron chi connectivity index (χ0n) is 4.82. The fourth-order valence-corrected chi connectivity index (χ4v) is 0.204. The second-order valence-electron chi connectivity index (χ2n) is 1.12. The highest BCUT2D eigenvalue weighted by atomic mass is 16.9. The van der Waals surface area contributed by atoms with Gasteiger partial charge in [-0.05, 0) is 0 Å². The Kier molecular flexibility index (Phi) is 3.61. The summed E-state index contributed by atoms with van der Waals surface area (Å²) in [5, 5.41) is 9.36. The average molecular weight is 122 g/mol. The van der Waals surface area contributed by atoms with E-state index in [1.54, 1.807) is 0 Å². The van der Waals surface area contributed by atoms with Gasteiger partial charge in [0.1, 0.15) is 7.11 Å². The molecule has 0 heterocycles. The Morgan fingerprint density at radius 2 is 2.25 bits per heavy atom. The lowest BCUT2D eigenvalue weighted by Crippen LogP contribution is -3.57. The van der Waals surface area contributed by atoms with Crippen LogP contribution in [-0.2, 0) is 4.84 Å². The highest BCUT2D eigenvalue weighted by molar-refractivity contribution is 3.88. The van der Waals surface area contributed by atoms with Gasteiger partial charge in [0, 0.05) is 7.05 Å². The second-order valence-corrected chi connectivity index (χ2v) is 1.12. The molecule has 6 nitrogen and oxygen atoms in total. The first-order chi connectivity index (χ1) is 3.72. The Morgan fingerprint density at radius 1 is 1.75 bits per heavy atom. The van der Waals surface area contributed by atoms with Crippen molar-refractivity contribution in [2.75, 3.05) is 14.2 Å². The van der Waals surface area contributed by atoms with E-state index >= 15 is 0 Å². The molecule has 2 unspecified atom stereocenters. The molecular weight excluding hydrogens is 112 g/mol. The molecule has 0 amide bonds. The molecule has 0 radical (unpaired) electrons. The minimum atomic E-state index is -0.646.